The summed E-state index contributed by atoms with van der Waals surface area (Å²) in [6, 6.07) is 10.1. The Morgan fingerprint density at radius 3 is 2.06 bits per heavy atom. The van der Waals surface area contributed by atoms with Crippen LogP contribution in [-0.4, -0.2) is 58.2 Å². The summed E-state index contributed by atoms with van der Waals surface area (Å²) in [7, 11) is 6.90. The quantitative estimate of drug-likeness (QED) is 0.728. The summed E-state index contributed by atoms with van der Waals surface area (Å²) in [5.74, 6) is 1.13. The van der Waals surface area contributed by atoms with Crippen molar-refractivity contribution in [2.45, 2.75) is 19.3 Å². The van der Waals surface area contributed by atoms with Crippen LogP contribution >= 0.6 is 0 Å². The Balaban J connectivity index is 1.78. The first kappa shape index (κ1) is 22.3. The molecule has 3 amide bonds. The SMILES string of the molecule is COc1cc(NC(=O)Nc2ccc(N(C)C)c(C(=O)N3CCCCC3)c2)cc(OC)c1. The van der Waals surface area contributed by atoms with Crippen LogP contribution in [0.2, 0.25) is 0 Å². The van der Waals surface area contributed by atoms with Crippen molar-refractivity contribution in [2.75, 3.05) is 56.9 Å². The fourth-order valence-electron chi connectivity index (χ4n) is 3.62. The van der Waals surface area contributed by atoms with Gasteiger partial charge in [0.05, 0.1) is 19.8 Å². The number of anilines is 3. The highest BCUT2D eigenvalue weighted by atomic mass is 16.5. The highest BCUT2D eigenvalue weighted by Crippen LogP contribution is 2.27. The monoisotopic (exact) mass is 426 g/mol. The Kier molecular flexibility index (Phi) is 7.23. The molecule has 2 N–H and O–H groups in total. The number of methoxy groups -OCH3 is 2. The zero-order chi connectivity index (χ0) is 22.4. The van der Waals surface area contributed by atoms with Crippen LogP contribution in [0.25, 0.3) is 0 Å². The predicted molar refractivity (Wildman–Crippen MR) is 123 cm³/mol. The van der Waals surface area contributed by atoms with Crippen LogP contribution in [0.1, 0.15) is 29.6 Å². The van der Waals surface area contributed by atoms with Gasteiger partial charge in [0.25, 0.3) is 5.91 Å². The first-order chi connectivity index (χ1) is 14.9. The zero-order valence-electron chi connectivity index (χ0n) is 18.5. The molecule has 1 heterocycles. The fourth-order valence-corrected chi connectivity index (χ4v) is 3.62. The summed E-state index contributed by atoms with van der Waals surface area (Å²) in [5, 5.41) is 5.58. The molecule has 8 nitrogen and oxygen atoms in total. The summed E-state index contributed by atoms with van der Waals surface area (Å²) in [6.07, 6.45) is 3.20. The Morgan fingerprint density at radius 1 is 0.871 bits per heavy atom. The Labute approximate surface area is 183 Å². The van der Waals surface area contributed by atoms with Gasteiger partial charge in [0.15, 0.2) is 0 Å². The molecule has 2 aromatic rings. The van der Waals surface area contributed by atoms with Crippen LogP contribution in [0.5, 0.6) is 11.5 Å². The molecule has 166 valence electrons. The van der Waals surface area contributed by atoms with Gasteiger partial charge in [-0.05, 0) is 37.5 Å². The molecule has 0 atom stereocenters. The summed E-state index contributed by atoms with van der Waals surface area (Å²) >= 11 is 0. The molecule has 8 heteroatoms. The van der Waals surface area contributed by atoms with E-state index in [0.717, 1.165) is 38.0 Å². The van der Waals surface area contributed by atoms with E-state index in [1.165, 1.54) is 0 Å². The molecular formula is C23H30N4O4. The number of urea groups is 1. The topological polar surface area (TPSA) is 83.1 Å². The van der Waals surface area contributed by atoms with Crippen LogP contribution in [0.3, 0.4) is 0 Å². The van der Waals surface area contributed by atoms with Crippen LogP contribution in [0, 0.1) is 0 Å². The molecule has 1 aliphatic heterocycles. The van der Waals surface area contributed by atoms with E-state index in [-0.39, 0.29) is 5.91 Å². The third kappa shape index (κ3) is 5.59. The first-order valence-corrected chi connectivity index (χ1v) is 10.3. The lowest BCUT2D eigenvalue weighted by molar-refractivity contribution is 0.0725. The van der Waals surface area contributed by atoms with E-state index in [1.54, 1.807) is 44.6 Å². The fraction of sp³-hybridized carbons (Fsp3) is 0.391. The number of nitrogens with zero attached hydrogens (tertiary/aromatic N) is 2. The van der Waals surface area contributed by atoms with E-state index in [0.29, 0.717) is 28.4 Å². The minimum atomic E-state index is -0.427. The Morgan fingerprint density at radius 2 is 1.48 bits per heavy atom. The minimum absolute atomic E-state index is 0.00927. The number of amides is 3. The number of hydrogen-bond donors (Lipinski definition) is 2. The van der Waals surface area contributed by atoms with Crippen LogP contribution < -0.4 is 25.0 Å². The molecular weight excluding hydrogens is 396 g/mol. The van der Waals surface area contributed by atoms with Crippen molar-refractivity contribution in [3.05, 3.63) is 42.0 Å². The second-order valence-electron chi connectivity index (χ2n) is 7.66. The van der Waals surface area contributed by atoms with Gasteiger partial charge in [-0.3, -0.25) is 4.79 Å². The van der Waals surface area contributed by atoms with E-state index < -0.39 is 6.03 Å². The molecule has 31 heavy (non-hydrogen) atoms. The number of nitrogens with one attached hydrogen (secondary N) is 2. The summed E-state index contributed by atoms with van der Waals surface area (Å²) < 4.78 is 10.5. The van der Waals surface area contributed by atoms with E-state index in [4.69, 9.17) is 9.47 Å². The summed E-state index contributed by atoms with van der Waals surface area (Å²) in [5.41, 5.74) is 2.47. The molecule has 3 rings (SSSR count). The number of carbonyl (C=O) groups is 2. The van der Waals surface area contributed by atoms with Crippen molar-refractivity contribution in [2.24, 2.45) is 0 Å². The van der Waals surface area contributed by atoms with Crippen molar-refractivity contribution in [1.82, 2.24) is 4.90 Å². The molecule has 0 spiro atoms. The second kappa shape index (κ2) is 10.1. The highest BCUT2D eigenvalue weighted by Gasteiger charge is 2.22. The van der Waals surface area contributed by atoms with Gasteiger partial charge >= 0.3 is 6.03 Å². The lowest BCUT2D eigenvalue weighted by Crippen LogP contribution is -2.36. The highest BCUT2D eigenvalue weighted by molar-refractivity contribution is 6.04. The van der Waals surface area contributed by atoms with Crippen LogP contribution in [-0.2, 0) is 0 Å². The maximum atomic E-state index is 13.1. The van der Waals surface area contributed by atoms with Gasteiger partial charge in [-0.2, -0.15) is 0 Å². The van der Waals surface area contributed by atoms with Crippen molar-refractivity contribution in [3.63, 3.8) is 0 Å². The van der Waals surface area contributed by atoms with Crippen molar-refractivity contribution in [1.29, 1.82) is 0 Å². The van der Waals surface area contributed by atoms with Gasteiger partial charge in [-0.1, -0.05) is 0 Å². The lowest BCUT2D eigenvalue weighted by Gasteiger charge is -2.28. The number of rotatable bonds is 6. The maximum absolute atomic E-state index is 13.1. The molecule has 1 aliphatic rings. The largest absolute Gasteiger partial charge is 0.497 e. The van der Waals surface area contributed by atoms with Gasteiger partial charge in [0.2, 0.25) is 0 Å². The number of piperidine rings is 1. The van der Waals surface area contributed by atoms with E-state index in [9.17, 15) is 9.59 Å². The average molecular weight is 427 g/mol. The third-order valence-corrected chi connectivity index (χ3v) is 5.22. The molecule has 1 fully saturated rings. The molecule has 0 saturated carbocycles. The van der Waals surface area contributed by atoms with Gasteiger partial charge in [-0.25, -0.2) is 4.79 Å². The molecule has 0 aliphatic carbocycles. The lowest BCUT2D eigenvalue weighted by atomic mass is 10.1. The average Bonchev–Trinajstić information content (AvgIpc) is 2.78. The molecule has 0 radical (unpaired) electrons. The molecule has 1 saturated heterocycles. The molecule has 0 aromatic heterocycles. The smallest absolute Gasteiger partial charge is 0.323 e. The van der Waals surface area contributed by atoms with E-state index in [1.807, 2.05) is 30.0 Å². The molecule has 0 bridgehead atoms. The Hall–Kier alpha value is -3.42. The third-order valence-electron chi connectivity index (χ3n) is 5.22. The van der Waals surface area contributed by atoms with Gasteiger partial charge in [0, 0.05) is 62.4 Å². The first-order valence-electron chi connectivity index (χ1n) is 10.3. The molecule has 2 aromatic carbocycles. The number of benzene rings is 2. The Bertz CT molecular complexity index is 917. The number of ether oxygens (including phenoxy) is 2. The van der Waals surface area contributed by atoms with Crippen molar-refractivity contribution >= 4 is 29.0 Å². The number of carbonyl (C=O) groups excluding carboxylic acids is 2. The van der Waals surface area contributed by atoms with Gasteiger partial charge in [0.1, 0.15) is 11.5 Å². The second-order valence-corrected chi connectivity index (χ2v) is 7.66. The number of likely N-dealkylation sites (tertiary alicyclic amines) is 1. The van der Waals surface area contributed by atoms with Gasteiger partial charge in [-0.15, -0.1) is 0 Å². The van der Waals surface area contributed by atoms with Crippen molar-refractivity contribution in [3.8, 4) is 11.5 Å². The van der Waals surface area contributed by atoms with Crippen LogP contribution in [0.15, 0.2) is 36.4 Å². The maximum Gasteiger partial charge on any atom is 0.323 e. The van der Waals surface area contributed by atoms with Crippen LogP contribution in [0.4, 0.5) is 21.9 Å². The zero-order valence-corrected chi connectivity index (χ0v) is 18.5. The standard InChI is InChI=1S/C23H30N4O4/c1-26(2)21-9-8-16(14-20(21)22(28)27-10-6-5-7-11-27)24-23(29)25-17-12-18(30-3)15-19(13-17)31-4/h8-9,12-15H,5-7,10-11H2,1-4H3,(H2,24,25,29). The molecule has 0 unspecified atom stereocenters. The number of hydrogen-bond acceptors (Lipinski definition) is 5. The summed E-state index contributed by atoms with van der Waals surface area (Å²) in [6.45, 7) is 1.53. The summed E-state index contributed by atoms with van der Waals surface area (Å²) in [4.78, 5) is 29.5. The van der Waals surface area contributed by atoms with E-state index >= 15 is 0 Å². The van der Waals surface area contributed by atoms with Gasteiger partial charge < -0.3 is 29.9 Å². The minimum Gasteiger partial charge on any atom is -0.497 e. The van der Waals surface area contributed by atoms with E-state index in [2.05, 4.69) is 10.6 Å². The predicted octanol–water partition coefficient (Wildman–Crippen LogP) is 4.04. The normalized spacial score (nSPS) is 13.4. The van der Waals surface area contributed by atoms with Crippen molar-refractivity contribution < 1.29 is 19.1 Å².